The largest absolute Gasteiger partial charge is 0.303 e. The number of nitrogens with one attached hydrogen (secondary N) is 1. The molecular weight excluding hydrogens is 216 g/mol. The maximum absolute atomic E-state index is 12.2. The molecule has 2 aliphatic carbocycles. The van der Waals surface area contributed by atoms with Gasteiger partial charge in [0.05, 0.1) is 12.5 Å². The van der Waals surface area contributed by atoms with Crippen LogP contribution in [0.5, 0.6) is 0 Å². The third-order valence-corrected chi connectivity index (χ3v) is 4.14. The Morgan fingerprint density at radius 1 is 1.00 bits per heavy atom. The van der Waals surface area contributed by atoms with E-state index in [4.69, 9.17) is 0 Å². The molecule has 0 spiro atoms. The van der Waals surface area contributed by atoms with Crippen molar-refractivity contribution in [1.82, 2.24) is 10.2 Å². The van der Waals surface area contributed by atoms with Gasteiger partial charge in [-0.25, -0.2) is 0 Å². The van der Waals surface area contributed by atoms with Crippen LogP contribution >= 0.6 is 0 Å². The van der Waals surface area contributed by atoms with Gasteiger partial charge in [-0.05, 0) is 25.7 Å². The predicted octanol–water partition coefficient (Wildman–Crippen LogP) is 1.20. The van der Waals surface area contributed by atoms with Crippen molar-refractivity contribution in [3.63, 3.8) is 0 Å². The molecule has 2 saturated carbocycles. The first kappa shape index (κ1) is 11.2. The van der Waals surface area contributed by atoms with E-state index in [0.717, 1.165) is 38.5 Å². The highest BCUT2D eigenvalue weighted by Crippen LogP contribution is 2.29. The van der Waals surface area contributed by atoms with Gasteiger partial charge < -0.3 is 5.32 Å². The molecule has 3 aliphatic rings. The Labute approximate surface area is 102 Å². The fourth-order valence-corrected chi connectivity index (χ4v) is 3.04. The van der Waals surface area contributed by atoms with Crippen LogP contribution in [0.4, 0.5) is 0 Å². The van der Waals surface area contributed by atoms with Crippen LogP contribution in [0.25, 0.3) is 0 Å². The second kappa shape index (κ2) is 4.41. The summed E-state index contributed by atoms with van der Waals surface area (Å²) < 4.78 is 0. The first-order valence-electron chi connectivity index (χ1n) is 6.87. The lowest BCUT2D eigenvalue weighted by Crippen LogP contribution is -2.45. The lowest BCUT2D eigenvalue weighted by Gasteiger charge is -2.29. The van der Waals surface area contributed by atoms with Gasteiger partial charge in [-0.1, -0.05) is 19.3 Å². The summed E-state index contributed by atoms with van der Waals surface area (Å²) in [7, 11) is 0. The molecule has 0 aromatic rings. The molecule has 1 atom stereocenters. The minimum absolute atomic E-state index is 0.0359. The van der Waals surface area contributed by atoms with E-state index in [0.29, 0.717) is 12.5 Å². The van der Waals surface area contributed by atoms with E-state index >= 15 is 0 Å². The number of nitrogens with zero attached hydrogens (tertiary/aromatic N) is 1. The van der Waals surface area contributed by atoms with Gasteiger partial charge in [-0.15, -0.1) is 0 Å². The van der Waals surface area contributed by atoms with Crippen LogP contribution in [0.1, 0.15) is 51.4 Å². The Hall–Kier alpha value is -0.900. The van der Waals surface area contributed by atoms with Crippen molar-refractivity contribution in [2.75, 3.05) is 0 Å². The number of hydrogen-bond acceptors (Lipinski definition) is 3. The van der Waals surface area contributed by atoms with Crippen molar-refractivity contribution in [2.45, 2.75) is 69.5 Å². The summed E-state index contributed by atoms with van der Waals surface area (Å²) in [5.41, 5.74) is 0. The van der Waals surface area contributed by atoms with Gasteiger partial charge in [0.1, 0.15) is 0 Å². The summed E-state index contributed by atoms with van der Waals surface area (Å²) in [5.74, 6) is 0.0776. The summed E-state index contributed by atoms with van der Waals surface area (Å²) in [5, 5.41) is 3.29. The van der Waals surface area contributed by atoms with Crippen LogP contribution in [0.2, 0.25) is 0 Å². The summed E-state index contributed by atoms with van der Waals surface area (Å²) in [6.45, 7) is 0. The topological polar surface area (TPSA) is 49.4 Å². The van der Waals surface area contributed by atoms with Gasteiger partial charge in [0.2, 0.25) is 11.8 Å². The standard InChI is InChI=1S/C13H20N2O2/c16-12-8-11(14-9-6-7-9)13(17)15(12)10-4-2-1-3-5-10/h9-11,14H,1-8H2. The zero-order valence-corrected chi connectivity index (χ0v) is 10.2. The van der Waals surface area contributed by atoms with Gasteiger partial charge in [-0.2, -0.15) is 0 Å². The molecule has 2 amide bonds. The highest BCUT2D eigenvalue weighted by molar-refractivity contribution is 6.05. The maximum Gasteiger partial charge on any atom is 0.247 e. The molecule has 0 radical (unpaired) electrons. The maximum atomic E-state index is 12.2. The summed E-state index contributed by atoms with van der Waals surface area (Å²) in [4.78, 5) is 25.8. The molecule has 3 rings (SSSR count). The Bertz CT molecular complexity index is 332. The van der Waals surface area contributed by atoms with Gasteiger partial charge in [0.25, 0.3) is 0 Å². The van der Waals surface area contributed by atoms with E-state index in [-0.39, 0.29) is 23.9 Å². The number of imide groups is 1. The SMILES string of the molecule is O=C1CC(NC2CC2)C(=O)N1C1CCCCC1. The van der Waals surface area contributed by atoms with Crippen LogP contribution in [-0.2, 0) is 9.59 Å². The minimum Gasteiger partial charge on any atom is -0.303 e. The quantitative estimate of drug-likeness (QED) is 0.749. The van der Waals surface area contributed by atoms with E-state index in [2.05, 4.69) is 5.32 Å². The predicted molar refractivity (Wildman–Crippen MR) is 63.3 cm³/mol. The average molecular weight is 236 g/mol. The molecule has 1 saturated heterocycles. The molecule has 0 aromatic heterocycles. The van der Waals surface area contributed by atoms with Crippen molar-refractivity contribution < 1.29 is 9.59 Å². The fraction of sp³-hybridized carbons (Fsp3) is 0.846. The molecular formula is C13H20N2O2. The van der Waals surface area contributed by atoms with Crippen molar-refractivity contribution in [1.29, 1.82) is 0 Å². The van der Waals surface area contributed by atoms with Crippen molar-refractivity contribution in [2.24, 2.45) is 0 Å². The van der Waals surface area contributed by atoms with Crippen LogP contribution in [0, 0.1) is 0 Å². The van der Waals surface area contributed by atoms with Gasteiger partial charge in [0, 0.05) is 12.1 Å². The summed E-state index contributed by atoms with van der Waals surface area (Å²) in [6.07, 6.45) is 8.26. The second-order valence-electron chi connectivity index (χ2n) is 5.59. The van der Waals surface area contributed by atoms with Gasteiger partial charge >= 0.3 is 0 Å². The third kappa shape index (κ3) is 2.23. The summed E-state index contributed by atoms with van der Waals surface area (Å²) in [6, 6.07) is 0.453. The Morgan fingerprint density at radius 2 is 1.71 bits per heavy atom. The van der Waals surface area contributed by atoms with Gasteiger partial charge in [0.15, 0.2) is 0 Å². The minimum atomic E-state index is -0.225. The molecule has 0 aromatic carbocycles. The van der Waals surface area contributed by atoms with E-state index < -0.39 is 0 Å². The summed E-state index contributed by atoms with van der Waals surface area (Å²) >= 11 is 0. The Kier molecular flexibility index (Phi) is 2.90. The average Bonchev–Trinajstić information content (AvgIpc) is 3.09. The number of hydrogen-bond donors (Lipinski definition) is 1. The number of rotatable bonds is 3. The Balaban J connectivity index is 1.66. The first-order valence-corrected chi connectivity index (χ1v) is 6.87. The van der Waals surface area contributed by atoms with Crippen LogP contribution in [0.15, 0.2) is 0 Å². The monoisotopic (exact) mass is 236 g/mol. The van der Waals surface area contributed by atoms with Crippen molar-refractivity contribution >= 4 is 11.8 Å². The normalized spacial score (nSPS) is 31.3. The lowest BCUT2D eigenvalue weighted by molar-refractivity contribution is -0.142. The lowest BCUT2D eigenvalue weighted by atomic mass is 9.94. The highest BCUT2D eigenvalue weighted by Gasteiger charge is 2.43. The third-order valence-electron chi connectivity index (χ3n) is 4.14. The number of carbonyl (C=O) groups excluding carboxylic acids is 2. The molecule has 1 N–H and O–H groups in total. The highest BCUT2D eigenvalue weighted by atomic mass is 16.2. The molecule has 17 heavy (non-hydrogen) atoms. The molecule has 1 heterocycles. The Morgan fingerprint density at radius 3 is 2.35 bits per heavy atom. The number of amides is 2. The van der Waals surface area contributed by atoms with Crippen molar-refractivity contribution in [3.8, 4) is 0 Å². The second-order valence-corrected chi connectivity index (χ2v) is 5.59. The zero-order chi connectivity index (χ0) is 11.8. The van der Waals surface area contributed by atoms with E-state index in [1.807, 2.05) is 0 Å². The first-order chi connectivity index (χ1) is 8.25. The van der Waals surface area contributed by atoms with E-state index in [9.17, 15) is 9.59 Å². The van der Waals surface area contributed by atoms with Crippen LogP contribution in [-0.4, -0.2) is 34.8 Å². The van der Waals surface area contributed by atoms with Gasteiger partial charge in [-0.3, -0.25) is 14.5 Å². The van der Waals surface area contributed by atoms with Crippen LogP contribution < -0.4 is 5.32 Å². The number of likely N-dealkylation sites (tertiary alicyclic amines) is 1. The van der Waals surface area contributed by atoms with Crippen molar-refractivity contribution in [3.05, 3.63) is 0 Å². The molecule has 94 valence electrons. The number of carbonyl (C=O) groups is 2. The molecule has 0 bridgehead atoms. The van der Waals surface area contributed by atoms with E-state index in [1.54, 1.807) is 4.90 Å². The molecule has 1 unspecified atom stereocenters. The molecule has 4 heteroatoms. The van der Waals surface area contributed by atoms with Crippen LogP contribution in [0.3, 0.4) is 0 Å². The van der Waals surface area contributed by atoms with E-state index in [1.165, 1.54) is 6.42 Å². The molecule has 3 fully saturated rings. The smallest absolute Gasteiger partial charge is 0.247 e. The fourth-order valence-electron chi connectivity index (χ4n) is 3.04. The molecule has 4 nitrogen and oxygen atoms in total. The molecule has 1 aliphatic heterocycles. The zero-order valence-electron chi connectivity index (χ0n) is 10.2.